The Morgan fingerprint density at radius 1 is 1.21 bits per heavy atom. The second-order valence-electron chi connectivity index (χ2n) is 6.58. The first kappa shape index (κ1) is 20.6. The van der Waals surface area contributed by atoms with Crippen molar-refractivity contribution in [3.05, 3.63) is 79.7 Å². The van der Waals surface area contributed by atoms with Gasteiger partial charge in [0.1, 0.15) is 5.75 Å². The molecular formula is C21H21BrN4O3. The number of hydrogen-bond acceptors (Lipinski definition) is 4. The maximum atomic E-state index is 12.6. The summed E-state index contributed by atoms with van der Waals surface area (Å²) in [6.07, 6.45) is 1.33. The minimum Gasteiger partial charge on any atom is -0.483 e. The van der Waals surface area contributed by atoms with Crippen LogP contribution >= 0.6 is 15.9 Å². The fraction of sp³-hybridized carbons (Fsp3) is 0.190. The van der Waals surface area contributed by atoms with E-state index in [0.717, 1.165) is 21.3 Å². The van der Waals surface area contributed by atoms with Crippen LogP contribution in [0.1, 0.15) is 22.4 Å². The first-order valence-electron chi connectivity index (χ1n) is 8.95. The van der Waals surface area contributed by atoms with Crippen LogP contribution in [-0.4, -0.2) is 28.5 Å². The number of H-pyrrole nitrogens is 1. The molecular weight excluding hydrogens is 436 g/mol. The van der Waals surface area contributed by atoms with Crippen molar-refractivity contribution in [1.82, 2.24) is 15.2 Å². The molecule has 3 aromatic rings. The topological polar surface area (TPSA) is 88.5 Å². The van der Waals surface area contributed by atoms with Crippen molar-refractivity contribution in [2.45, 2.75) is 20.8 Å². The summed E-state index contributed by atoms with van der Waals surface area (Å²) in [4.78, 5) is 24.6. The Bertz CT molecular complexity index is 1090. The molecule has 8 heteroatoms. The number of aromatic nitrogens is 2. The fourth-order valence-corrected chi connectivity index (χ4v) is 3.62. The first-order valence-corrected chi connectivity index (χ1v) is 9.74. The summed E-state index contributed by atoms with van der Waals surface area (Å²) in [6, 6.07) is 13.1. The third-order valence-electron chi connectivity index (χ3n) is 4.29. The molecule has 0 aliphatic heterocycles. The number of nitrogens with zero attached hydrogens (tertiary/aromatic N) is 2. The molecule has 0 fully saturated rings. The minimum absolute atomic E-state index is 0.180. The van der Waals surface area contributed by atoms with Gasteiger partial charge in [0.25, 0.3) is 11.5 Å². The van der Waals surface area contributed by atoms with E-state index in [0.29, 0.717) is 17.0 Å². The highest BCUT2D eigenvalue weighted by Gasteiger charge is 2.11. The number of para-hydroxylation sites is 1. The van der Waals surface area contributed by atoms with Gasteiger partial charge in [0, 0.05) is 10.2 Å². The molecule has 150 valence electrons. The molecule has 0 unspecified atom stereocenters. The summed E-state index contributed by atoms with van der Waals surface area (Å²) in [6.45, 7) is 5.42. The Labute approximate surface area is 176 Å². The van der Waals surface area contributed by atoms with E-state index in [-0.39, 0.29) is 12.2 Å². The first-order chi connectivity index (χ1) is 13.9. The van der Waals surface area contributed by atoms with E-state index in [2.05, 4.69) is 31.6 Å². The molecule has 0 aliphatic carbocycles. The second-order valence-corrected chi connectivity index (χ2v) is 7.49. The van der Waals surface area contributed by atoms with Crippen LogP contribution in [0.4, 0.5) is 0 Å². The van der Waals surface area contributed by atoms with Crippen molar-refractivity contribution in [1.29, 1.82) is 0 Å². The Kier molecular flexibility index (Phi) is 6.33. The van der Waals surface area contributed by atoms with Gasteiger partial charge in [0.15, 0.2) is 6.61 Å². The highest BCUT2D eigenvalue weighted by molar-refractivity contribution is 9.10. The van der Waals surface area contributed by atoms with Gasteiger partial charge in [-0.25, -0.2) is 10.1 Å². The molecule has 1 amide bonds. The summed E-state index contributed by atoms with van der Waals surface area (Å²) in [5, 5.41) is 6.90. The highest BCUT2D eigenvalue weighted by atomic mass is 79.9. The number of aryl methyl sites for hydroxylation is 3. The number of rotatable bonds is 6. The van der Waals surface area contributed by atoms with Gasteiger partial charge in [-0.1, -0.05) is 34.1 Å². The number of carbonyl (C=O) groups excluding carboxylic acids is 1. The van der Waals surface area contributed by atoms with Crippen molar-refractivity contribution in [2.75, 3.05) is 6.61 Å². The maximum Gasteiger partial charge on any atom is 0.280 e. The quantitative estimate of drug-likeness (QED) is 0.440. The number of carbonyl (C=O) groups is 1. The van der Waals surface area contributed by atoms with Gasteiger partial charge >= 0.3 is 0 Å². The van der Waals surface area contributed by atoms with Gasteiger partial charge in [0.05, 0.1) is 17.5 Å². The monoisotopic (exact) mass is 456 g/mol. The van der Waals surface area contributed by atoms with E-state index in [9.17, 15) is 9.59 Å². The number of hydrazone groups is 1. The molecule has 0 saturated carbocycles. The van der Waals surface area contributed by atoms with Gasteiger partial charge < -0.3 is 4.74 Å². The molecule has 2 aromatic carbocycles. The Morgan fingerprint density at radius 3 is 2.52 bits per heavy atom. The van der Waals surface area contributed by atoms with Crippen LogP contribution in [0.15, 0.2) is 56.8 Å². The largest absolute Gasteiger partial charge is 0.483 e. The van der Waals surface area contributed by atoms with E-state index < -0.39 is 5.91 Å². The number of aromatic amines is 1. The predicted octanol–water partition coefficient (Wildman–Crippen LogP) is 3.38. The van der Waals surface area contributed by atoms with Gasteiger partial charge in [-0.15, -0.1) is 0 Å². The minimum atomic E-state index is -0.417. The third kappa shape index (κ3) is 4.83. The van der Waals surface area contributed by atoms with Crippen molar-refractivity contribution in [3.8, 4) is 11.4 Å². The molecule has 29 heavy (non-hydrogen) atoms. The van der Waals surface area contributed by atoms with Crippen LogP contribution in [0.2, 0.25) is 0 Å². The molecule has 1 aromatic heterocycles. The van der Waals surface area contributed by atoms with E-state index in [1.807, 2.05) is 56.3 Å². The standard InChI is InChI=1S/C21H21BrN4O3/c1-13-9-16(22)10-14(2)20(13)29-12-19(27)24-23-11-18-15(3)25-26(21(18)28)17-7-5-4-6-8-17/h4-11,25H,12H2,1-3H3,(H,24,27). The molecule has 0 atom stereocenters. The van der Waals surface area contributed by atoms with Crippen molar-refractivity contribution in [3.63, 3.8) is 0 Å². The van der Waals surface area contributed by atoms with Crippen LogP contribution in [0.3, 0.4) is 0 Å². The van der Waals surface area contributed by atoms with Crippen LogP contribution in [0.5, 0.6) is 5.75 Å². The Balaban J connectivity index is 1.64. The zero-order valence-electron chi connectivity index (χ0n) is 16.3. The van der Waals surface area contributed by atoms with Crippen molar-refractivity contribution < 1.29 is 9.53 Å². The molecule has 0 bridgehead atoms. The number of halogens is 1. The molecule has 1 heterocycles. The predicted molar refractivity (Wildman–Crippen MR) is 116 cm³/mol. The lowest BCUT2D eigenvalue weighted by atomic mass is 10.1. The lowest BCUT2D eigenvalue weighted by Crippen LogP contribution is -2.25. The average molecular weight is 457 g/mol. The number of benzene rings is 2. The van der Waals surface area contributed by atoms with E-state index in [4.69, 9.17) is 4.74 Å². The lowest BCUT2D eigenvalue weighted by Gasteiger charge is -2.11. The van der Waals surface area contributed by atoms with Crippen LogP contribution in [0, 0.1) is 20.8 Å². The fourth-order valence-electron chi connectivity index (χ4n) is 2.93. The zero-order valence-corrected chi connectivity index (χ0v) is 17.9. The molecule has 0 saturated heterocycles. The van der Waals surface area contributed by atoms with Crippen LogP contribution < -0.4 is 15.7 Å². The molecule has 0 aliphatic rings. The Morgan fingerprint density at radius 2 is 1.86 bits per heavy atom. The molecule has 3 rings (SSSR count). The van der Waals surface area contributed by atoms with E-state index >= 15 is 0 Å². The summed E-state index contributed by atoms with van der Waals surface area (Å²) in [5.74, 6) is 0.249. The highest BCUT2D eigenvalue weighted by Crippen LogP contribution is 2.27. The SMILES string of the molecule is Cc1cc(Br)cc(C)c1OCC(=O)NN=Cc1c(C)[nH]n(-c2ccccc2)c1=O. The van der Waals surface area contributed by atoms with Crippen LogP contribution in [-0.2, 0) is 4.79 Å². The zero-order chi connectivity index (χ0) is 21.0. The van der Waals surface area contributed by atoms with E-state index in [1.165, 1.54) is 10.9 Å². The number of ether oxygens (including phenoxy) is 1. The Hall–Kier alpha value is -3.13. The summed E-state index contributed by atoms with van der Waals surface area (Å²) in [7, 11) is 0. The molecule has 2 N–H and O–H groups in total. The van der Waals surface area contributed by atoms with Crippen molar-refractivity contribution in [2.24, 2.45) is 5.10 Å². The summed E-state index contributed by atoms with van der Waals surface area (Å²) in [5.41, 5.74) is 5.74. The normalized spacial score (nSPS) is 11.0. The molecule has 0 spiro atoms. The summed E-state index contributed by atoms with van der Waals surface area (Å²) < 4.78 is 8.00. The van der Waals surface area contributed by atoms with E-state index in [1.54, 1.807) is 6.92 Å². The second kappa shape index (κ2) is 8.91. The van der Waals surface area contributed by atoms with Gasteiger partial charge in [0.2, 0.25) is 0 Å². The number of amides is 1. The smallest absolute Gasteiger partial charge is 0.280 e. The average Bonchev–Trinajstić information content (AvgIpc) is 2.96. The molecule has 0 radical (unpaired) electrons. The van der Waals surface area contributed by atoms with Crippen LogP contribution in [0.25, 0.3) is 5.69 Å². The lowest BCUT2D eigenvalue weighted by molar-refractivity contribution is -0.123. The van der Waals surface area contributed by atoms with Gasteiger partial charge in [-0.05, 0) is 56.2 Å². The number of nitrogens with one attached hydrogen (secondary N) is 2. The summed E-state index contributed by atoms with van der Waals surface area (Å²) >= 11 is 3.43. The third-order valence-corrected chi connectivity index (χ3v) is 4.74. The van der Waals surface area contributed by atoms with Gasteiger partial charge in [-0.2, -0.15) is 5.10 Å². The van der Waals surface area contributed by atoms with Crippen molar-refractivity contribution >= 4 is 28.1 Å². The van der Waals surface area contributed by atoms with Gasteiger partial charge in [-0.3, -0.25) is 14.7 Å². The maximum absolute atomic E-state index is 12.6. The molecule has 7 nitrogen and oxygen atoms in total. The number of hydrogen-bond donors (Lipinski definition) is 2.